The summed E-state index contributed by atoms with van der Waals surface area (Å²) in [6, 6.07) is 16.4. The molecule has 0 radical (unpaired) electrons. The Kier molecular flexibility index (Phi) is 5.46. The van der Waals surface area contributed by atoms with Crippen LogP contribution in [-0.2, 0) is 13.0 Å². The Morgan fingerprint density at radius 1 is 1.00 bits per heavy atom. The highest BCUT2D eigenvalue weighted by molar-refractivity contribution is 5.72. The first-order chi connectivity index (χ1) is 15.3. The predicted molar refractivity (Wildman–Crippen MR) is 116 cm³/mol. The van der Waals surface area contributed by atoms with Gasteiger partial charge in [-0.3, -0.25) is 20.2 Å². The summed E-state index contributed by atoms with van der Waals surface area (Å²) in [5.41, 5.74) is 1.64. The molecule has 1 heterocycles. The van der Waals surface area contributed by atoms with Gasteiger partial charge in [0.2, 0.25) is 5.75 Å². The zero-order chi connectivity index (χ0) is 22.8. The Morgan fingerprint density at radius 2 is 1.72 bits per heavy atom. The van der Waals surface area contributed by atoms with Crippen molar-refractivity contribution < 1.29 is 24.4 Å². The molecular formula is C23H18N2O7. The van der Waals surface area contributed by atoms with Gasteiger partial charge in [-0.15, -0.1) is 0 Å². The van der Waals surface area contributed by atoms with Crippen molar-refractivity contribution in [2.24, 2.45) is 0 Å². The molecule has 0 bridgehead atoms. The zero-order valence-electron chi connectivity index (χ0n) is 17.0. The topological polar surface area (TPSA) is 125 Å². The summed E-state index contributed by atoms with van der Waals surface area (Å²) in [7, 11) is 0. The number of hydrogen-bond donors (Lipinski definition) is 1. The maximum absolute atomic E-state index is 11.6. The first-order valence-corrected chi connectivity index (χ1v) is 9.67. The lowest BCUT2D eigenvalue weighted by Gasteiger charge is -2.21. The van der Waals surface area contributed by atoms with Crippen LogP contribution in [0, 0.1) is 27.2 Å². The van der Waals surface area contributed by atoms with Crippen LogP contribution in [0.5, 0.6) is 11.5 Å². The maximum atomic E-state index is 11.6. The van der Waals surface area contributed by atoms with Gasteiger partial charge < -0.3 is 14.6 Å². The van der Waals surface area contributed by atoms with E-state index in [1.165, 1.54) is 24.3 Å². The third kappa shape index (κ3) is 4.08. The highest BCUT2D eigenvalue weighted by atomic mass is 16.6. The lowest BCUT2D eigenvalue weighted by Crippen LogP contribution is -2.12. The molecule has 0 aromatic heterocycles. The average molecular weight is 434 g/mol. The minimum atomic E-state index is -0.593. The van der Waals surface area contributed by atoms with Crippen molar-refractivity contribution >= 4 is 17.1 Å². The zero-order valence-corrected chi connectivity index (χ0v) is 17.0. The molecule has 1 N–H and O–H groups in total. The van der Waals surface area contributed by atoms with Gasteiger partial charge in [0.15, 0.2) is 11.5 Å². The van der Waals surface area contributed by atoms with E-state index >= 15 is 0 Å². The van der Waals surface area contributed by atoms with Gasteiger partial charge >= 0.3 is 11.4 Å². The van der Waals surface area contributed by atoms with Crippen molar-refractivity contribution in [2.45, 2.75) is 20.0 Å². The van der Waals surface area contributed by atoms with E-state index in [2.05, 4.69) is 0 Å². The van der Waals surface area contributed by atoms with Crippen molar-refractivity contribution in [1.82, 2.24) is 0 Å². The van der Waals surface area contributed by atoms with Crippen LogP contribution in [0.4, 0.5) is 11.4 Å². The minimum absolute atomic E-state index is 0.00719. The van der Waals surface area contributed by atoms with Crippen LogP contribution in [0.2, 0.25) is 0 Å². The molecule has 1 aliphatic rings. The van der Waals surface area contributed by atoms with E-state index in [0.29, 0.717) is 11.1 Å². The molecule has 162 valence electrons. The Morgan fingerprint density at radius 3 is 2.41 bits per heavy atom. The largest absolute Gasteiger partial charge is 0.508 e. The van der Waals surface area contributed by atoms with Crippen molar-refractivity contribution in [1.29, 1.82) is 0 Å². The molecule has 4 rings (SSSR count). The summed E-state index contributed by atoms with van der Waals surface area (Å²) < 4.78 is 11.3. The number of rotatable bonds is 6. The molecule has 3 aromatic rings. The van der Waals surface area contributed by atoms with Gasteiger partial charge in [0.25, 0.3) is 0 Å². The lowest BCUT2D eigenvalue weighted by atomic mass is 10.00. The second-order valence-electron chi connectivity index (χ2n) is 7.30. The highest BCUT2D eigenvalue weighted by Crippen LogP contribution is 2.42. The number of aryl methyl sites for hydroxylation is 1. The van der Waals surface area contributed by atoms with Crippen LogP contribution < -0.4 is 9.47 Å². The third-order valence-electron chi connectivity index (χ3n) is 4.97. The Hall–Kier alpha value is -4.40. The van der Waals surface area contributed by atoms with E-state index in [-0.39, 0.29) is 53.0 Å². The first-order valence-electron chi connectivity index (χ1n) is 9.67. The normalized spacial score (nSPS) is 12.7. The molecule has 0 saturated heterocycles. The molecule has 0 aliphatic carbocycles. The quantitative estimate of drug-likeness (QED) is 0.415. The second kappa shape index (κ2) is 8.38. The highest BCUT2D eigenvalue weighted by Gasteiger charge is 2.30. The molecule has 0 atom stereocenters. The van der Waals surface area contributed by atoms with Crippen LogP contribution in [0.3, 0.4) is 0 Å². The Bertz CT molecular complexity index is 1250. The number of fused-ring (bicyclic) bond motifs is 1. The van der Waals surface area contributed by atoms with Gasteiger partial charge in [0, 0.05) is 29.7 Å². The number of allylic oxidation sites excluding steroid dienone is 1. The van der Waals surface area contributed by atoms with Crippen LogP contribution in [0.25, 0.3) is 5.76 Å². The first kappa shape index (κ1) is 20.9. The van der Waals surface area contributed by atoms with E-state index in [1.54, 1.807) is 13.0 Å². The molecule has 0 saturated carbocycles. The number of aliphatic hydroxyl groups excluding tert-OH is 1. The standard InChI is InChI=1S/C23H18N2O7/c1-14-9-17-12-20(26)23(32-22(17)19(10-14)25(29)30)16-7-8-21(18(11-16)24(27)28)31-13-15-5-3-2-4-6-15/h2-11,26H,12-13H2,1H3. The minimum Gasteiger partial charge on any atom is -0.508 e. The monoisotopic (exact) mass is 434 g/mol. The smallest absolute Gasteiger partial charge is 0.312 e. The van der Waals surface area contributed by atoms with Gasteiger partial charge in [-0.1, -0.05) is 36.4 Å². The molecule has 32 heavy (non-hydrogen) atoms. The van der Waals surface area contributed by atoms with E-state index in [1.807, 2.05) is 30.3 Å². The number of nitro benzene ring substituents is 2. The molecule has 9 nitrogen and oxygen atoms in total. The molecular weight excluding hydrogens is 416 g/mol. The fourth-order valence-electron chi connectivity index (χ4n) is 3.52. The summed E-state index contributed by atoms with van der Waals surface area (Å²) in [6.45, 7) is 1.85. The number of benzene rings is 3. The summed E-state index contributed by atoms with van der Waals surface area (Å²) in [5.74, 6) is -0.173. The van der Waals surface area contributed by atoms with Gasteiger partial charge in [0.05, 0.1) is 9.85 Å². The van der Waals surface area contributed by atoms with Gasteiger partial charge in [-0.2, -0.15) is 0 Å². The van der Waals surface area contributed by atoms with E-state index in [4.69, 9.17) is 9.47 Å². The number of ether oxygens (including phenoxy) is 2. The van der Waals surface area contributed by atoms with Crippen LogP contribution >= 0.6 is 0 Å². The van der Waals surface area contributed by atoms with E-state index in [9.17, 15) is 25.3 Å². The summed E-state index contributed by atoms with van der Waals surface area (Å²) in [4.78, 5) is 22.0. The van der Waals surface area contributed by atoms with E-state index < -0.39 is 9.85 Å². The van der Waals surface area contributed by atoms with E-state index in [0.717, 1.165) is 5.56 Å². The fraction of sp³-hybridized carbons (Fsp3) is 0.130. The average Bonchev–Trinajstić information content (AvgIpc) is 2.77. The molecule has 1 aliphatic heterocycles. The molecule has 0 spiro atoms. The SMILES string of the molecule is Cc1cc2c(c([N+](=O)[O-])c1)OC(c1ccc(OCc3ccccc3)c([N+](=O)[O-])c1)=C(O)C2. The lowest BCUT2D eigenvalue weighted by molar-refractivity contribution is -0.386. The Balaban J connectivity index is 1.67. The van der Waals surface area contributed by atoms with Crippen molar-refractivity contribution in [3.8, 4) is 11.5 Å². The van der Waals surface area contributed by atoms with Crippen molar-refractivity contribution in [3.05, 3.63) is 109 Å². The van der Waals surface area contributed by atoms with Crippen LogP contribution in [-0.4, -0.2) is 15.0 Å². The molecule has 0 fully saturated rings. The van der Waals surface area contributed by atoms with Gasteiger partial charge in [0.1, 0.15) is 12.4 Å². The second-order valence-corrected chi connectivity index (χ2v) is 7.30. The molecule has 0 unspecified atom stereocenters. The number of aliphatic hydroxyl groups is 1. The number of nitrogens with zero attached hydrogens (tertiary/aromatic N) is 2. The van der Waals surface area contributed by atoms with Crippen molar-refractivity contribution in [3.63, 3.8) is 0 Å². The number of hydrogen-bond acceptors (Lipinski definition) is 7. The maximum Gasteiger partial charge on any atom is 0.312 e. The van der Waals surface area contributed by atoms with Gasteiger partial charge in [-0.05, 0) is 30.2 Å². The predicted octanol–water partition coefficient (Wildman–Crippen LogP) is 5.25. The fourth-order valence-corrected chi connectivity index (χ4v) is 3.52. The van der Waals surface area contributed by atoms with Crippen molar-refractivity contribution in [2.75, 3.05) is 0 Å². The van der Waals surface area contributed by atoms with Gasteiger partial charge in [-0.25, -0.2) is 0 Å². The summed E-state index contributed by atoms with van der Waals surface area (Å²) in [6.07, 6.45) is 0.00719. The summed E-state index contributed by atoms with van der Waals surface area (Å²) in [5, 5.41) is 33.6. The molecule has 3 aromatic carbocycles. The molecule has 9 heteroatoms. The third-order valence-corrected chi connectivity index (χ3v) is 4.97. The van der Waals surface area contributed by atoms with Crippen LogP contribution in [0.1, 0.15) is 22.3 Å². The number of nitro groups is 2. The summed E-state index contributed by atoms with van der Waals surface area (Å²) >= 11 is 0. The van der Waals surface area contributed by atoms with Crippen LogP contribution in [0.15, 0.2) is 66.4 Å². The Labute approximate surface area is 182 Å². The molecule has 0 amide bonds.